The first kappa shape index (κ1) is 102. The topological polar surface area (TPSA) is 524 Å². The number of ether oxygens (including phenoxy) is 2. The van der Waals surface area contributed by atoms with E-state index in [4.69, 9.17) is 38.3 Å². The molecule has 0 bridgehead atoms. The van der Waals surface area contributed by atoms with Gasteiger partial charge in [-0.1, -0.05) is 11.6 Å². The normalized spacial score (nSPS) is 12.4. The fraction of sp³-hybridized carbons (Fsp3) is 0.263. The third kappa shape index (κ3) is 27.1. The minimum atomic E-state index is -0.714. The van der Waals surface area contributed by atoms with Crippen molar-refractivity contribution in [2.75, 3.05) is 64.1 Å². The number of fused-ring (bicyclic) bond motifs is 3. The quantitative estimate of drug-likeness (QED) is 0.0284. The maximum atomic E-state index is 13.3. The van der Waals surface area contributed by atoms with E-state index < -0.39 is 23.4 Å². The number of aromatic amines is 1. The first-order valence-electron chi connectivity index (χ1n) is 44.9. The van der Waals surface area contributed by atoms with Crippen LogP contribution in [0.3, 0.4) is 0 Å². The van der Waals surface area contributed by atoms with Crippen LogP contribution < -0.4 is 81.4 Å². The van der Waals surface area contributed by atoms with Crippen molar-refractivity contribution in [3.63, 3.8) is 0 Å². The van der Waals surface area contributed by atoms with Crippen LogP contribution in [0.5, 0.6) is 0 Å². The molecule has 41 nitrogen and oxygen atoms in total. The highest BCUT2D eigenvalue weighted by Crippen LogP contribution is 2.35. The monoisotopic (exact) mass is 2010 g/mol. The lowest BCUT2D eigenvalue weighted by Crippen LogP contribution is -2.35. The number of aryl methyl sites for hydroxylation is 5. The Hall–Kier alpha value is -16.9. The van der Waals surface area contributed by atoms with Gasteiger partial charge >= 0.3 is 12.2 Å². The second-order valence-electron chi connectivity index (χ2n) is 35.2. The summed E-state index contributed by atoms with van der Waals surface area (Å²) in [6.45, 7) is 20.2. The van der Waals surface area contributed by atoms with E-state index in [-0.39, 0.29) is 102 Å². The number of carbonyl (C=O) groups excluding carboxylic acids is 5. The summed E-state index contributed by atoms with van der Waals surface area (Å²) in [5.41, 5.74) is 24.3. The number of pyridine rings is 10. The van der Waals surface area contributed by atoms with Gasteiger partial charge < -0.3 is 58.2 Å². The molecule has 0 radical (unpaired) electrons. The molecule has 12 N–H and O–H groups in total. The molecule has 43 heteroatoms. The van der Waals surface area contributed by atoms with Crippen LogP contribution in [0, 0.1) is 40.5 Å². The molecule has 0 saturated heterocycles. The Bertz CT molecular complexity index is 7470. The van der Waals surface area contributed by atoms with Crippen molar-refractivity contribution in [2.24, 2.45) is 5.92 Å². The number of nitrogen functional groups attached to an aromatic ring is 3. The van der Waals surface area contributed by atoms with Crippen molar-refractivity contribution < 1.29 is 33.4 Å². The number of nitrogens with one attached hydrogen (secondary N) is 6. The summed E-state index contributed by atoms with van der Waals surface area (Å²) in [5.74, 6) is 1.86. The van der Waals surface area contributed by atoms with Crippen LogP contribution in [0.1, 0.15) is 146 Å². The number of hydrogen-bond acceptors (Lipinski definition) is 29. The van der Waals surface area contributed by atoms with Gasteiger partial charge in [0.1, 0.15) is 67.9 Å². The van der Waals surface area contributed by atoms with Gasteiger partial charge in [0.2, 0.25) is 0 Å². The van der Waals surface area contributed by atoms with Crippen molar-refractivity contribution in [2.45, 2.75) is 144 Å². The summed E-state index contributed by atoms with van der Waals surface area (Å²) in [5, 5.41) is 28.1. The van der Waals surface area contributed by atoms with Gasteiger partial charge in [-0.25, -0.2) is 24.5 Å². The Kier molecular flexibility index (Phi) is 32.6. The predicted molar refractivity (Wildman–Crippen MR) is 547 cm³/mol. The molecule has 734 valence electrons. The SMILES string of the molecule is CN(C(=O)OC(C)(C)C)c1cc(Cl)nc2c(C(=O)NC3CC3)cnn12.CNc1cc(Nc2cccn(-c3ccc(C)nc3)c2=O)nc2c(C(=O)NC3CC3)cnn12.Cc1ccc(-n2cccc(N)c2=O)cn1.Cc1ccc(-n2cccc(N)c2=O)cn1.Cc1ccc(-n2cccc(Nc3cc(N(C)C(=O)OC(C)(C)C)n4ncc(C(=O)CC5CC5)c4n3)c2=O)cn1.Cc1ccc(Br)cn1.Nc1ccc[nH]c1=O. The maximum Gasteiger partial charge on any atom is 0.415 e. The first-order valence-corrected chi connectivity index (χ1v) is 46.0. The lowest BCUT2D eigenvalue weighted by Gasteiger charge is -2.25. The number of ketones is 1. The fourth-order valence-corrected chi connectivity index (χ4v) is 13.6. The van der Waals surface area contributed by atoms with Gasteiger partial charge in [-0.3, -0.25) is 91.3 Å². The molecule has 3 aliphatic rings. The molecule has 3 aliphatic carbocycles. The largest absolute Gasteiger partial charge is 0.443 e. The molecule has 0 aromatic carbocycles. The van der Waals surface area contributed by atoms with E-state index in [0.717, 1.165) is 82.8 Å². The molecule has 0 aliphatic heterocycles. The number of aromatic nitrogens is 19. The lowest BCUT2D eigenvalue weighted by atomic mass is 10.1. The number of anilines is 10. The lowest BCUT2D eigenvalue weighted by molar-refractivity contribution is 0.0577. The zero-order valence-electron chi connectivity index (χ0n) is 80.3. The minimum Gasteiger partial charge on any atom is -0.443 e. The number of rotatable bonds is 18. The fourth-order valence-electron chi connectivity index (χ4n) is 13.2. The molecule has 16 aromatic heterocycles. The van der Waals surface area contributed by atoms with Crippen LogP contribution in [-0.2, 0) is 9.47 Å². The molecule has 142 heavy (non-hydrogen) atoms. The summed E-state index contributed by atoms with van der Waals surface area (Å²) in [7, 11) is 4.86. The van der Waals surface area contributed by atoms with Crippen LogP contribution >= 0.6 is 27.5 Å². The highest BCUT2D eigenvalue weighted by atomic mass is 79.9. The van der Waals surface area contributed by atoms with E-state index in [2.05, 4.69) is 103 Å². The number of halogens is 2. The Labute approximate surface area is 826 Å². The first-order chi connectivity index (χ1) is 67.6. The minimum absolute atomic E-state index is 0.0584. The number of nitrogens with zero attached hydrogens (tertiary/aromatic N) is 20. The van der Waals surface area contributed by atoms with Crippen LogP contribution in [0.15, 0.2) is 249 Å². The van der Waals surface area contributed by atoms with Gasteiger partial charge in [0.05, 0.1) is 88.8 Å². The molecule has 0 atom stereocenters. The van der Waals surface area contributed by atoms with E-state index >= 15 is 0 Å². The molecule has 0 spiro atoms. The molecule has 3 saturated carbocycles. The zero-order valence-corrected chi connectivity index (χ0v) is 82.6. The summed E-state index contributed by atoms with van der Waals surface area (Å²) in [6, 6.07) is 40.6. The maximum absolute atomic E-state index is 13.3. The molecule has 3 fully saturated rings. The Morgan fingerprint density at radius 1 is 0.458 bits per heavy atom. The summed E-state index contributed by atoms with van der Waals surface area (Å²) < 4.78 is 22.3. The Morgan fingerprint density at radius 2 is 0.831 bits per heavy atom. The van der Waals surface area contributed by atoms with Gasteiger partial charge in [-0.15, -0.1) is 0 Å². The predicted octanol–water partition coefficient (Wildman–Crippen LogP) is 13.9. The van der Waals surface area contributed by atoms with Crippen LogP contribution in [-0.4, -0.2) is 166 Å². The zero-order chi connectivity index (χ0) is 102. The van der Waals surface area contributed by atoms with Crippen LogP contribution in [0.4, 0.5) is 67.1 Å². The van der Waals surface area contributed by atoms with Gasteiger partial charge in [0.25, 0.3) is 39.6 Å². The number of nitrogens with two attached hydrogens (primary N) is 3. The van der Waals surface area contributed by atoms with E-state index in [9.17, 15) is 47.9 Å². The molecular formula is C99H107BrClN29O12. The average molecular weight is 2010 g/mol. The Morgan fingerprint density at radius 3 is 1.20 bits per heavy atom. The van der Waals surface area contributed by atoms with Crippen LogP contribution in [0.25, 0.3) is 39.7 Å². The van der Waals surface area contributed by atoms with Crippen LogP contribution in [0.2, 0.25) is 5.15 Å². The third-order valence-corrected chi connectivity index (χ3v) is 21.9. The van der Waals surface area contributed by atoms with Gasteiger partial charge in [-0.05, 0) is 258 Å². The molecule has 16 heterocycles. The number of carbonyl (C=O) groups is 5. The molecule has 4 amide bonds. The highest BCUT2D eigenvalue weighted by molar-refractivity contribution is 9.10. The molecule has 19 rings (SSSR count). The summed E-state index contributed by atoms with van der Waals surface area (Å²) in [6.07, 6.45) is 26.3. The van der Waals surface area contributed by atoms with Gasteiger partial charge in [0, 0.05) is 128 Å². The van der Waals surface area contributed by atoms with Crippen molar-refractivity contribution in [3.05, 3.63) is 327 Å². The standard InChI is InChI=1S/C28H31N7O4.C22H22N8O2.C16H20ClN5O3.2C11H11N3O.C6H6BrN.C5H6N2O/c1-17-8-11-19(15-29-17)34-12-6-7-21(26(34)37)31-23-14-24(33(5)27(38)39-28(2,3)4)35-25(32-23)20(16-30-35)22(36)13-18-9-10-18;1-13-5-8-15(11-24-13)29-9-3-4-17(22(29)32)27-18-10-19(23-2)30-20(28-18)16(12-25-30)21(31)26-14-6-7-14;1-16(2,3)25-15(24)21(4)12-7-11(17)20-13-10(8-18-22(12)13)14(23)19-9-5-6-9;2*1-8-4-5-9(7-13-8)14-6-2-3-10(12)11(14)15;1-5-2-3-6(7)4-8-5;6-4-2-1-3-7-5(4)8/h6-8,11-12,14-16,18H,9-10,13H2,1-5H3,(H,31,32);3-5,8-12,14,23H,6-7H2,1-2H3,(H,26,31)(H,27,28);7-9H,5-6H2,1-4H3,(H,19,23);2*2-7H,12H2,1H3;2-4H,1H3;1-3H,6H2,(H,7,8). The second-order valence-corrected chi connectivity index (χ2v) is 36.5. The number of hydrogen-bond donors (Lipinski definition) is 9. The van der Waals surface area contributed by atoms with Gasteiger partial charge in [-0.2, -0.15) is 28.8 Å². The average Bonchev–Trinajstić information content (AvgIpc) is 1.61. The van der Waals surface area contributed by atoms with E-state index in [1.54, 1.807) is 202 Å². The number of Topliss-reactive ketones (excluding diaryl/α,β-unsaturated/α-hetero) is 1. The van der Waals surface area contributed by atoms with Crippen molar-refractivity contribution in [3.8, 4) is 22.7 Å². The molecule has 0 unspecified atom stereocenters. The van der Waals surface area contributed by atoms with Gasteiger partial charge in [0.15, 0.2) is 22.7 Å². The Balaban J connectivity index is 0.000000148. The number of amides is 4. The number of H-pyrrole nitrogens is 1. The van der Waals surface area contributed by atoms with E-state index in [0.29, 0.717) is 75.0 Å². The van der Waals surface area contributed by atoms with E-state index in [1.807, 2.05) is 95.3 Å². The smallest absolute Gasteiger partial charge is 0.415 e. The third-order valence-electron chi connectivity index (χ3n) is 21.2. The van der Waals surface area contributed by atoms with E-state index in [1.165, 1.54) is 61.8 Å². The van der Waals surface area contributed by atoms with Crippen molar-refractivity contribution in [1.82, 2.24) is 103 Å². The molecule has 16 aromatic rings. The summed E-state index contributed by atoms with van der Waals surface area (Å²) >= 11 is 9.38. The summed E-state index contributed by atoms with van der Waals surface area (Å²) in [4.78, 5) is 163. The highest BCUT2D eigenvalue weighted by Gasteiger charge is 2.33. The molecular weight excluding hydrogens is 1900 g/mol. The van der Waals surface area contributed by atoms with Crippen molar-refractivity contribution >= 4 is 132 Å². The second kappa shape index (κ2) is 45.1. The van der Waals surface area contributed by atoms with Crippen molar-refractivity contribution in [1.29, 1.82) is 0 Å².